The summed E-state index contributed by atoms with van der Waals surface area (Å²) in [5.41, 5.74) is 5.74. The van der Waals surface area contributed by atoms with E-state index in [9.17, 15) is 4.79 Å². The van der Waals surface area contributed by atoms with Crippen molar-refractivity contribution >= 4 is 28.2 Å². The molecule has 0 aliphatic rings. The van der Waals surface area contributed by atoms with Crippen LogP contribution >= 0.6 is 11.3 Å². The second-order valence-corrected chi connectivity index (χ2v) is 6.49. The molecule has 0 aliphatic heterocycles. The van der Waals surface area contributed by atoms with Crippen molar-refractivity contribution in [1.29, 1.82) is 0 Å². The highest BCUT2D eigenvalue weighted by Gasteiger charge is 2.22. The number of nitrogens with two attached hydrogens (primary N) is 1. The molecule has 0 saturated heterocycles. The lowest BCUT2D eigenvalue weighted by Gasteiger charge is -2.20. The largest absolute Gasteiger partial charge is 0.383 e. The maximum Gasteiger partial charge on any atom is 0.267 e. The van der Waals surface area contributed by atoms with Gasteiger partial charge in [-0.15, -0.1) is 0 Å². The predicted molar refractivity (Wildman–Crippen MR) is 83.4 cm³/mol. The molecule has 0 radical (unpaired) electrons. The summed E-state index contributed by atoms with van der Waals surface area (Å²) in [5, 5.41) is 3.90. The Balaban J connectivity index is 2.87. The lowest BCUT2D eigenvalue weighted by Crippen LogP contribution is -2.33. The highest BCUT2D eigenvalue weighted by molar-refractivity contribution is 7.18. The van der Waals surface area contributed by atoms with Crippen molar-refractivity contribution in [3.63, 3.8) is 0 Å². The molecule has 1 aromatic rings. The van der Waals surface area contributed by atoms with Crippen LogP contribution in [-0.4, -0.2) is 48.1 Å². The molecule has 20 heavy (non-hydrogen) atoms. The number of rotatable bonds is 6. The zero-order chi connectivity index (χ0) is 15.3. The van der Waals surface area contributed by atoms with E-state index >= 15 is 0 Å². The number of thiazole rings is 1. The first-order chi connectivity index (χ1) is 9.28. The number of nitrogen functional groups attached to an aromatic ring is 1. The smallest absolute Gasteiger partial charge is 0.267 e. The average molecular weight is 300 g/mol. The van der Waals surface area contributed by atoms with Crippen LogP contribution in [0.2, 0.25) is 0 Å². The van der Waals surface area contributed by atoms with Crippen molar-refractivity contribution in [1.82, 2.24) is 9.88 Å². The third-order valence-corrected chi connectivity index (χ3v) is 3.54. The SMILES string of the molecule is CCN(CCOC)C(=O)c1sc(NC(C)(C)C)nc1N. The number of nitrogens with zero attached hydrogens (tertiary/aromatic N) is 2. The van der Waals surface area contributed by atoms with Crippen LogP contribution in [0.1, 0.15) is 37.4 Å². The maximum absolute atomic E-state index is 12.4. The predicted octanol–water partition coefficient (Wildman–Crippen LogP) is 2.04. The summed E-state index contributed by atoms with van der Waals surface area (Å²) in [6.45, 7) is 9.69. The molecule has 0 unspecified atom stereocenters. The van der Waals surface area contributed by atoms with Crippen LogP contribution in [0.25, 0.3) is 0 Å². The van der Waals surface area contributed by atoms with Gasteiger partial charge in [0.1, 0.15) is 10.7 Å². The van der Waals surface area contributed by atoms with E-state index < -0.39 is 0 Å². The fourth-order valence-corrected chi connectivity index (χ4v) is 2.67. The number of methoxy groups -OCH3 is 1. The highest BCUT2D eigenvalue weighted by Crippen LogP contribution is 2.28. The van der Waals surface area contributed by atoms with Gasteiger partial charge >= 0.3 is 0 Å². The van der Waals surface area contributed by atoms with Gasteiger partial charge < -0.3 is 20.7 Å². The number of amides is 1. The second-order valence-electron chi connectivity index (χ2n) is 5.49. The molecule has 6 nitrogen and oxygen atoms in total. The van der Waals surface area contributed by atoms with Crippen molar-refractivity contribution in [3.05, 3.63) is 4.88 Å². The van der Waals surface area contributed by atoms with E-state index in [1.807, 2.05) is 27.7 Å². The zero-order valence-electron chi connectivity index (χ0n) is 12.8. The third-order valence-electron chi connectivity index (χ3n) is 2.56. The van der Waals surface area contributed by atoms with Gasteiger partial charge in [-0.1, -0.05) is 11.3 Å². The molecule has 0 spiro atoms. The number of carbonyl (C=O) groups is 1. The normalized spacial score (nSPS) is 11.4. The molecule has 1 rings (SSSR count). The molecule has 114 valence electrons. The van der Waals surface area contributed by atoms with E-state index in [-0.39, 0.29) is 17.3 Å². The number of aromatic nitrogens is 1. The summed E-state index contributed by atoms with van der Waals surface area (Å²) in [4.78, 5) is 18.8. The van der Waals surface area contributed by atoms with Gasteiger partial charge in [-0.25, -0.2) is 4.98 Å². The Labute approximate surface area is 124 Å². The Morgan fingerprint density at radius 2 is 2.15 bits per heavy atom. The summed E-state index contributed by atoms with van der Waals surface area (Å²) in [6.07, 6.45) is 0. The van der Waals surface area contributed by atoms with Crippen LogP contribution in [-0.2, 0) is 4.74 Å². The van der Waals surface area contributed by atoms with Crippen molar-refractivity contribution in [2.24, 2.45) is 0 Å². The fourth-order valence-electron chi connectivity index (χ4n) is 1.61. The number of hydrogen-bond acceptors (Lipinski definition) is 6. The van der Waals surface area contributed by atoms with E-state index in [1.165, 1.54) is 11.3 Å². The summed E-state index contributed by atoms with van der Waals surface area (Å²) < 4.78 is 5.01. The second kappa shape index (κ2) is 6.90. The number of anilines is 2. The number of ether oxygens (including phenoxy) is 1. The molecule has 0 aliphatic carbocycles. The van der Waals surface area contributed by atoms with E-state index in [0.717, 1.165) is 0 Å². The van der Waals surface area contributed by atoms with Crippen LogP contribution in [0.4, 0.5) is 10.9 Å². The highest BCUT2D eigenvalue weighted by atomic mass is 32.1. The molecule has 1 aromatic heterocycles. The van der Waals surface area contributed by atoms with Gasteiger partial charge in [-0.2, -0.15) is 0 Å². The Hall–Kier alpha value is -1.34. The van der Waals surface area contributed by atoms with E-state index in [1.54, 1.807) is 12.0 Å². The molecule has 0 bridgehead atoms. The number of likely N-dealkylation sites (N-methyl/N-ethyl adjacent to an activating group) is 1. The average Bonchev–Trinajstić information content (AvgIpc) is 2.68. The van der Waals surface area contributed by atoms with Gasteiger partial charge in [0, 0.05) is 25.7 Å². The molecule has 0 fully saturated rings. The standard InChI is InChI=1S/C13H24N4O2S/c1-6-17(7-8-19-5)11(18)9-10(14)15-12(20-9)16-13(2,3)4/h6-8,14H2,1-5H3,(H,15,16). The summed E-state index contributed by atoms with van der Waals surface area (Å²) in [7, 11) is 1.62. The minimum atomic E-state index is -0.120. The van der Waals surface area contributed by atoms with Gasteiger partial charge in [0.05, 0.1) is 6.61 Å². The molecule has 1 amide bonds. The number of carbonyl (C=O) groups excluding carboxylic acids is 1. The van der Waals surface area contributed by atoms with Crippen molar-refractivity contribution in [2.45, 2.75) is 33.2 Å². The van der Waals surface area contributed by atoms with Gasteiger partial charge in [0.25, 0.3) is 5.91 Å². The summed E-state index contributed by atoms with van der Waals surface area (Å²) in [6, 6.07) is 0. The Kier molecular flexibility index (Phi) is 5.76. The fraction of sp³-hybridized carbons (Fsp3) is 0.692. The quantitative estimate of drug-likeness (QED) is 0.840. The van der Waals surface area contributed by atoms with Gasteiger partial charge in [0.15, 0.2) is 5.13 Å². The van der Waals surface area contributed by atoms with Crippen molar-refractivity contribution in [3.8, 4) is 0 Å². The lowest BCUT2D eigenvalue weighted by atomic mass is 10.1. The van der Waals surface area contributed by atoms with Crippen molar-refractivity contribution < 1.29 is 9.53 Å². The van der Waals surface area contributed by atoms with Gasteiger partial charge in [-0.05, 0) is 27.7 Å². The van der Waals surface area contributed by atoms with Crippen LogP contribution in [0, 0.1) is 0 Å². The minimum Gasteiger partial charge on any atom is -0.383 e. The first-order valence-electron chi connectivity index (χ1n) is 6.61. The molecule has 0 saturated carbocycles. The Morgan fingerprint density at radius 3 is 2.65 bits per heavy atom. The van der Waals surface area contributed by atoms with Crippen LogP contribution in [0.5, 0.6) is 0 Å². The molecule has 0 atom stereocenters. The van der Waals surface area contributed by atoms with E-state index in [4.69, 9.17) is 10.5 Å². The zero-order valence-corrected chi connectivity index (χ0v) is 13.6. The first-order valence-corrected chi connectivity index (χ1v) is 7.42. The Bertz CT molecular complexity index is 454. The number of hydrogen-bond donors (Lipinski definition) is 2. The molecule has 0 aromatic carbocycles. The first kappa shape index (κ1) is 16.7. The minimum absolute atomic E-state index is 0.0958. The van der Waals surface area contributed by atoms with Crippen LogP contribution < -0.4 is 11.1 Å². The molecule has 1 heterocycles. The molecule has 7 heteroatoms. The van der Waals surface area contributed by atoms with Gasteiger partial charge in [0.2, 0.25) is 0 Å². The maximum atomic E-state index is 12.4. The van der Waals surface area contributed by atoms with Gasteiger partial charge in [-0.3, -0.25) is 4.79 Å². The van der Waals surface area contributed by atoms with E-state index in [0.29, 0.717) is 29.7 Å². The van der Waals surface area contributed by atoms with Crippen LogP contribution in [0.3, 0.4) is 0 Å². The molecule has 3 N–H and O–H groups in total. The van der Waals surface area contributed by atoms with E-state index in [2.05, 4.69) is 10.3 Å². The topological polar surface area (TPSA) is 80.5 Å². The monoisotopic (exact) mass is 300 g/mol. The number of nitrogens with one attached hydrogen (secondary N) is 1. The Morgan fingerprint density at radius 1 is 1.50 bits per heavy atom. The lowest BCUT2D eigenvalue weighted by molar-refractivity contribution is 0.0712. The van der Waals surface area contributed by atoms with Crippen molar-refractivity contribution in [2.75, 3.05) is 37.9 Å². The van der Waals surface area contributed by atoms with Crippen LogP contribution in [0.15, 0.2) is 0 Å². The molecular formula is C13H24N4O2S. The molecular weight excluding hydrogens is 276 g/mol. The summed E-state index contributed by atoms with van der Waals surface area (Å²) in [5.74, 6) is 0.184. The third kappa shape index (κ3) is 4.64. The summed E-state index contributed by atoms with van der Waals surface area (Å²) >= 11 is 1.29.